The number of nitrogens with one attached hydrogen (secondary N) is 1. The molecule has 0 unspecified atom stereocenters. The van der Waals surface area contributed by atoms with Crippen LogP contribution in [0.5, 0.6) is 0 Å². The number of hydrogen-bond donors (Lipinski definition) is 3. The van der Waals surface area contributed by atoms with Crippen molar-refractivity contribution in [3.05, 3.63) is 60.2 Å². The number of hydrogen-bond acceptors (Lipinski definition) is 8. The Morgan fingerprint density at radius 2 is 1.85 bits per heavy atom. The van der Waals surface area contributed by atoms with Crippen molar-refractivity contribution in [2.45, 2.75) is 73.2 Å². The van der Waals surface area contributed by atoms with Crippen molar-refractivity contribution in [1.82, 2.24) is 9.62 Å². The van der Waals surface area contributed by atoms with Crippen LogP contribution >= 0.6 is 11.8 Å². The van der Waals surface area contributed by atoms with Crippen LogP contribution in [0.25, 0.3) is 0 Å². The number of ether oxygens (including phenoxy) is 2. The van der Waals surface area contributed by atoms with Gasteiger partial charge in [-0.1, -0.05) is 55.9 Å². The van der Waals surface area contributed by atoms with Crippen LogP contribution in [0.1, 0.15) is 38.7 Å². The lowest BCUT2D eigenvalue weighted by Gasteiger charge is -2.30. The molecule has 2 aliphatic rings. The number of fused-ring (bicyclic) bond motifs is 1. The van der Waals surface area contributed by atoms with Crippen LogP contribution in [0, 0.1) is 11.8 Å². The minimum Gasteiger partial charge on any atom is -0.446 e. The number of thioether (sulfide) groups is 1. The van der Waals surface area contributed by atoms with Crippen molar-refractivity contribution < 1.29 is 32.9 Å². The van der Waals surface area contributed by atoms with Crippen molar-refractivity contribution in [3.8, 4) is 0 Å². The average Bonchev–Trinajstić information content (AvgIpc) is 3.50. The number of amides is 1. The Kier molecular flexibility index (Phi) is 10.3. The van der Waals surface area contributed by atoms with Gasteiger partial charge in [-0.3, -0.25) is 0 Å². The summed E-state index contributed by atoms with van der Waals surface area (Å²) in [6.45, 7) is 4.31. The van der Waals surface area contributed by atoms with Crippen LogP contribution in [0.3, 0.4) is 0 Å². The minimum atomic E-state index is -3.95. The Morgan fingerprint density at radius 3 is 2.49 bits per heavy atom. The summed E-state index contributed by atoms with van der Waals surface area (Å²) in [4.78, 5) is 13.8. The molecule has 39 heavy (non-hydrogen) atoms. The number of carbonyl (C=O) groups excluding carboxylic acids is 1. The predicted molar refractivity (Wildman–Crippen MR) is 149 cm³/mol. The molecule has 5 atom stereocenters. The van der Waals surface area contributed by atoms with Gasteiger partial charge in [0.2, 0.25) is 10.0 Å². The molecule has 4 rings (SSSR count). The fourth-order valence-corrected chi connectivity index (χ4v) is 7.69. The number of aliphatic hydroxyl groups is 2. The van der Waals surface area contributed by atoms with E-state index in [2.05, 4.69) is 5.32 Å². The summed E-state index contributed by atoms with van der Waals surface area (Å²) >= 11 is 1.24. The molecule has 3 N–H and O–H groups in total. The first kappa shape index (κ1) is 29.8. The zero-order chi connectivity index (χ0) is 28.0. The third-order valence-electron chi connectivity index (χ3n) is 7.00. The Hall–Kier alpha value is -2.15. The maximum atomic E-state index is 13.6. The van der Waals surface area contributed by atoms with Gasteiger partial charge in [-0.15, -0.1) is 0 Å². The van der Waals surface area contributed by atoms with E-state index in [1.807, 2.05) is 44.2 Å². The van der Waals surface area contributed by atoms with Gasteiger partial charge in [0.05, 0.1) is 23.7 Å². The number of benzene rings is 2. The molecule has 1 aliphatic heterocycles. The predicted octanol–water partition coefficient (Wildman–Crippen LogP) is 3.60. The van der Waals surface area contributed by atoms with Gasteiger partial charge in [0.1, 0.15) is 11.5 Å². The first-order chi connectivity index (χ1) is 18.7. The van der Waals surface area contributed by atoms with Crippen molar-refractivity contribution in [1.29, 1.82) is 0 Å². The van der Waals surface area contributed by atoms with Crippen LogP contribution in [0.15, 0.2) is 64.4 Å². The topological polar surface area (TPSA) is 125 Å². The molecule has 9 nitrogen and oxygen atoms in total. The van der Waals surface area contributed by atoms with E-state index >= 15 is 0 Å². The van der Waals surface area contributed by atoms with Gasteiger partial charge < -0.3 is 25.0 Å². The molecule has 2 fully saturated rings. The van der Waals surface area contributed by atoms with Crippen molar-refractivity contribution >= 4 is 27.9 Å². The number of rotatable bonds is 12. The van der Waals surface area contributed by atoms with E-state index in [0.717, 1.165) is 24.3 Å². The number of sulfonamides is 1. The third-order valence-corrected chi connectivity index (χ3v) is 10.1. The van der Waals surface area contributed by atoms with Crippen LogP contribution in [0.4, 0.5) is 4.79 Å². The summed E-state index contributed by atoms with van der Waals surface area (Å²) in [7, 11) is -3.95. The van der Waals surface area contributed by atoms with Gasteiger partial charge in [0.25, 0.3) is 0 Å². The fraction of sp³-hybridized carbons (Fsp3) is 0.536. The van der Waals surface area contributed by atoms with E-state index < -0.39 is 27.6 Å². The molecule has 1 saturated heterocycles. The summed E-state index contributed by atoms with van der Waals surface area (Å²) in [6.07, 6.45) is 0.382. The summed E-state index contributed by atoms with van der Waals surface area (Å²) in [5.41, 5.74) is 0.601. The van der Waals surface area contributed by atoms with E-state index in [9.17, 15) is 23.4 Å². The maximum Gasteiger partial charge on any atom is 0.408 e. The molecule has 1 heterocycles. The smallest absolute Gasteiger partial charge is 0.408 e. The zero-order valence-corrected chi connectivity index (χ0v) is 23.9. The molecule has 11 heteroatoms. The number of alkyl carbamates (subject to hydrolysis) is 1. The summed E-state index contributed by atoms with van der Waals surface area (Å²) in [5, 5.41) is 22.6. The third kappa shape index (κ3) is 7.96. The van der Waals surface area contributed by atoms with Gasteiger partial charge in [-0.05, 0) is 54.5 Å². The molecule has 1 saturated carbocycles. The van der Waals surface area contributed by atoms with Crippen LogP contribution in [0.2, 0.25) is 0 Å². The van der Waals surface area contributed by atoms with E-state index in [-0.39, 0.29) is 42.7 Å². The molecular weight excluding hydrogens is 540 g/mol. The van der Waals surface area contributed by atoms with Crippen LogP contribution in [-0.4, -0.2) is 72.4 Å². The van der Waals surface area contributed by atoms with Crippen molar-refractivity contribution in [2.24, 2.45) is 11.8 Å². The zero-order valence-electron chi connectivity index (χ0n) is 22.3. The van der Waals surface area contributed by atoms with Crippen molar-refractivity contribution in [2.75, 3.05) is 19.7 Å². The summed E-state index contributed by atoms with van der Waals surface area (Å²) < 4.78 is 39.8. The molecule has 2 aromatic carbocycles. The van der Waals surface area contributed by atoms with E-state index in [1.165, 1.54) is 28.2 Å². The Balaban J connectivity index is 1.49. The largest absolute Gasteiger partial charge is 0.446 e. The molecule has 0 aromatic heterocycles. The normalized spacial score (nSPS) is 22.6. The minimum absolute atomic E-state index is 0.00845. The summed E-state index contributed by atoms with van der Waals surface area (Å²) in [6, 6.07) is 15.3. The quantitative estimate of drug-likeness (QED) is 0.258. The second-order valence-electron chi connectivity index (χ2n) is 10.5. The number of aliphatic hydroxyl groups excluding tert-OH is 2. The van der Waals surface area contributed by atoms with Gasteiger partial charge in [-0.2, -0.15) is 4.31 Å². The molecular formula is C28H38N2O7S2. The second-order valence-corrected chi connectivity index (χ2v) is 13.7. The number of nitrogens with zero attached hydrogens (tertiary/aromatic N) is 1. The van der Waals surface area contributed by atoms with E-state index in [0.29, 0.717) is 17.9 Å². The molecule has 0 spiro atoms. The van der Waals surface area contributed by atoms with Gasteiger partial charge in [-0.25, -0.2) is 13.2 Å². The fourth-order valence-electron chi connectivity index (χ4n) is 5.06. The molecule has 214 valence electrons. The van der Waals surface area contributed by atoms with Crippen molar-refractivity contribution in [3.63, 3.8) is 0 Å². The lowest BCUT2D eigenvalue weighted by Crippen LogP contribution is -2.49. The molecule has 1 aliphatic carbocycles. The lowest BCUT2D eigenvalue weighted by molar-refractivity contribution is 0.0612. The van der Waals surface area contributed by atoms with E-state index in [1.54, 1.807) is 12.1 Å². The highest BCUT2D eigenvalue weighted by Gasteiger charge is 2.40. The molecule has 1 amide bonds. The van der Waals surface area contributed by atoms with E-state index in [4.69, 9.17) is 9.47 Å². The first-order valence-corrected chi connectivity index (χ1v) is 15.7. The molecule has 0 bridgehead atoms. The highest BCUT2D eigenvalue weighted by atomic mass is 32.2. The molecule has 0 radical (unpaired) electrons. The average molecular weight is 579 g/mol. The maximum absolute atomic E-state index is 13.6. The first-order valence-electron chi connectivity index (χ1n) is 13.3. The molecule has 2 aromatic rings. The highest BCUT2D eigenvalue weighted by molar-refractivity contribution is 8.00. The SMILES string of the molecule is CC(C)CN(C[C@@H](O)[C@@H](NC(=O)O[C@@H]1C[C@@H]2CCO[C@@H]2C1)Sc1ccccc1)S(=O)(=O)c1ccc(CO)cc1. The highest BCUT2D eigenvalue weighted by Crippen LogP contribution is 2.37. The Bertz CT molecular complexity index is 1170. The van der Waals surface area contributed by atoms with Gasteiger partial charge in [0.15, 0.2) is 0 Å². The monoisotopic (exact) mass is 578 g/mol. The Labute approximate surface area is 234 Å². The Morgan fingerprint density at radius 1 is 1.13 bits per heavy atom. The standard InChI is InChI=1S/C28H38N2O7S2/c1-19(2)16-30(39(34,35)24-10-8-20(18-31)9-11-24)17-25(32)27(38-23-6-4-3-5-7-23)29-28(33)37-22-14-21-12-13-36-26(21)15-22/h3-11,19,21-22,25-27,31-32H,12-18H2,1-2H3,(H,29,33)/t21-,22+,25+,26+,27-/m0/s1. The number of carbonyl (C=O) groups is 1. The van der Waals surface area contributed by atoms with Gasteiger partial charge in [0, 0.05) is 31.0 Å². The second kappa shape index (κ2) is 13.5. The van der Waals surface area contributed by atoms with Gasteiger partial charge >= 0.3 is 6.09 Å². The van der Waals surface area contributed by atoms with Crippen LogP contribution < -0.4 is 5.32 Å². The van der Waals surface area contributed by atoms with Crippen LogP contribution in [-0.2, 0) is 26.1 Å². The summed E-state index contributed by atoms with van der Waals surface area (Å²) in [5.74, 6) is 0.398. The lowest BCUT2D eigenvalue weighted by atomic mass is 10.1.